The Kier molecular flexibility index (Phi) is 11.6. The van der Waals surface area contributed by atoms with E-state index >= 15 is 0 Å². The van der Waals surface area contributed by atoms with Gasteiger partial charge in [-0.05, 0) is 113 Å². The van der Waals surface area contributed by atoms with Crippen LogP contribution in [-0.2, 0) is 38.8 Å². The Balaban J connectivity index is 1.14. The lowest BCUT2D eigenvalue weighted by molar-refractivity contribution is -0.138. The largest absolute Gasteiger partial charge is 0.507 e. The highest BCUT2D eigenvalue weighted by Crippen LogP contribution is 2.39. The second kappa shape index (κ2) is 16.5. The van der Waals surface area contributed by atoms with Crippen LogP contribution in [0.3, 0.4) is 0 Å². The summed E-state index contributed by atoms with van der Waals surface area (Å²) in [6, 6.07) is 14.5. The van der Waals surface area contributed by atoms with E-state index in [0.29, 0.717) is 72.9 Å². The third kappa shape index (κ3) is 9.56. The molecule has 0 fully saturated rings. The number of carboxylic acids is 1. The van der Waals surface area contributed by atoms with Gasteiger partial charge in [0.2, 0.25) is 0 Å². The molecule has 1 aliphatic rings. The summed E-state index contributed by atoms with van der Waals surface area (Å²) in [6.45, 7) is 0.359. The fourth-order valence-electron chi connectivity index (χ4n) is 6.44. The summed E-state index contributed by atoms with van der Waals surface area (Å²) < 4.78 is 180. The summed E-state index contributed by atoms with van der Waals surface area (Å²) in [6.07, 6.45) is -9.66. The van der Waals surface area contributed by atoms with Crippen LogP contribution < -0.4 is 18.9 Å². The molecule has 4 N–H and O–H groups in total. The highest BCUT2D eigenvalue weighted by Gasteiger charge is 2.35. The standard InChI is InChI=1S/C42H26F8N2O10S2/c43-27-2-7-35(44)34(18-27)24-13-26(42(48,49)50)17-31(15-24)64(59,60)52-29-4-6-33(39(54)55)38(20-29)62-40(56)32-5-3-28(19-36(32)53)51-63(57,58)30-14-23(12-25(16-30)41(45,46)47)21-1-8-37-22(11-21)9-10-61-37/h1-8,11-20,51-53H,9-10H2,(H,54,55). The summed E-state index contributed by atoms with van der Waals surface area (Å²) in [4.78, 5) is 23.4. The zero-order valence-corrected chi connectivity index (χ0v) is 33.4. The lowest BCUT2D eigenvalue weighted by atomic mass is 10.00. The molecule has 0 saturated carbocycles. The maximum absolute atomic E-state index is 14.6. The lowest BCUT2D eigenvalue weighted by Gasteiger charge is -2.16. The van der Waals surface area contributed by atoms with Crippen molar-refractivity contribution in [3.63, 3.8) is 0 Å². The number of carboxylic acid groups (broad SMARTS) is 1. The fraction of sp³-hybridized carbons (Fsp3) is 0.0952. The van der Waals surface area contributed by atoms with Gasteiger partial charge < -0.3 is 19.7 Å². The number of hydrogen-bond acceptors (Lipinski definition) is 9. The molecule has 0 saturated heterocycles. The number of phenolic OH excluding ortho intramolecular Hbond substituents is 1. The van der Waals surface area contributed by atoms with E-state index in [2.05, 4.69) is 0 Å². The van der Waals surface area contributed by atoms with E-state index in [1.54, 1.807) is 12.1 Å². The summed E-state index contributed by atoms with van der Waals surface area (Å²) in [5, 5.41) is 20.5. The number of carbonyl (C=O) groups excluding carboxylic acids is 1. The predicted octanol–water partition coefficient (Wildman–Crippen LogP) is 9.50. The molecular weight excluding hydrogens is 909 g/mol. The van der Waals surface area contributed by atoms with Gasteiger partial charge in [-0.25, -0.2) is 35.2 Å². The van der Waals surface area contributed by atoms with Crippen molar-refractivity contribution in [1.29, 1.82) is 0 Å². The van der Waals surface area contributed by atoms with Gasteiger partial charge in [0, 0.05) is 24.1 Å². The first-order valence-electron chi connectivity index (χ1n) is 18.0. The molecule has 0 radical (unpaired) electrons. The van der Waals surface area contributed by atoms with E-state index in [-0.39, 0.29) is 17.2 Å². The Morgan fingerprint density at radius 2 is 1.22 bits per heavy atom. The van der Waals surface area contributed by atoms with Crippen LogP contribution in [0.5, 0.6) is 17.2 Å². The molecule has 0 aromatic heterocycles. The molecule has 12 nitrogen and oxygen atoms in total. The minimum Gasteiger partial charge on any atom is -0.507 e. The molecule has 64 heavy (non-hydrogen) atoms. The highest BCUT2D eigenvalue weighted by molar-refractivity contribution is 7.93. The summed E-state index contributed by atoms with van der Waals surface area (Å²) in [7, 11) is -9.90. The topological polar surface area (TPSA) is 185 Å². The molecule has 0 atom stereocenters. The number of fused-ring (bicyclic) bond motifs is 1. The number of halogens is 8. The number of phenols is 1. The van der Waals surface area contributed by atoms with E-state index in [1.807, 2.05) is 9.44 Å². The molecule has 0 aliphatic carbocycles. The number of aromatic carboxylic acids is 1. The van der Waals surface area contributed by atoms with Gasteiger partial charge in [-0.1, -0.05) is 6.07 Å². The second-order valence-corrected chi connectivity index (χ2v) is 17.2. The Bertz CT molecular complexity index is 3120. The molecule has 7 rings (SSSR count). The van der Waals surface area contributed by atoms with Crippen LogP contribution in [0.4, 0.5) is 46.5 Å². The third-order valence-electron chi connectivity index (χ3n) is 9.49. The number of aromatic hydroxyl groups is 1. The van der Waals surface area contributed by atoms with Crippen LogP contribution in [0.25, 0.3) is 22.3 Å². The molecular formula is C42H26F8N2O10S2. The molecule has 0 amide bonds. The maximum Gasteiger partial charge on any atom is 0.416 e. The van der Waals surface area contributed by atoms with Crippen LogP contribution in [0.15, 0.2) is 119 Å². The molecule has 332 valence electrons. The number of hydrogen-bond donors (Lipinski definition) is 4. The van der Waals surface area contributed by atoms with Crippen molar-refractivity contribution in [3.8, 4) is 39.5 Å². The first kappa shape index (κ1) is 44.8. The molecule has 0 bridgehead atoms. The first-order chi connectivity index (χ1) is 29.9. The quantitative estimate of drug-likeness (QED) is 0.0554. The van der Waals surface area contributed by atoms with E-state index in [9.17, 15) is 71.8 Å². The SMILES string of the molecule is O=C(Oc1cc(NS(=O)(=O)c2cc(-c3cc(F)ccc3F)cc(C(F)(F)F)c2)ccc1C(=O)O)c1ccc(NS(=O)(=O)c2cc(-c3ccc4c(c3)CCO4)cc(C(F)(F)F)c2)cc1O. The first-order valence-corrected chi connectivity index (χ1v) is 21.0. The fourth-order valence-corrected chi connectivity index (χ4v) is 8.68. The van der Waals surface area contributed by atoms with Crippen LogP contribution in [0.1, 0.15) is 37.4 Å². The number of anilines is 2. The van der Waals surface area contributed by atoms with Crippen LogP contribution in [0, 0.1) is 11.6 Å². The van der Waals surface area contributed by atoms with E-state index in [1.165, 1.54) is 6.07 Å². The molecule has 6 aromatic rings. The molecule has 1 aliphatic heterocycles. The maximum atomic E-state index is 14.6. The van der Waals surface area contributed by atoms with Crippen molar-refractivity contribution in [3.05, 3.63) is 149 Å². The summed E-state index contributed by atoms with van der Waals surface area (Å²) >= 11 is 0. The van der Waals surface area contributed by atoms with Crippen molar-refractivity contribution in [2.45, 2.75) is 28.6 Å². The van der Waals surface area contributed by atoms with Gasteiger partial charge in [0.25, 0.3) is 20.0 Å². The summed E-state index contributed by atoms with van der Waals surface area (Å²) in [5.41, 5.74) is -5.88. The number of benzene rings is 6. The minimum atomic E-state index is -5.17. The second-order valence-electron chi connectivity index (χ2n) is 13.9. The van der Waals surface area contributed by atoms with Gasteiger partial charge in [-0.15, -0.1) is 0 Å². The molecule has 0 spiro atoms. The number of ether oxygens (including phenoxy) is 2. The number of esters is 1. The van der Waals surface area contributed by atoms with Crippen molar-refractivity contribution in [1.82, 2.24) is 0 Å². The van der Waals surface area contributed by atoms with Gasteiger partial charge in [0.1, 0.15) is 40.0 Å². The number of alkyl halides is 6. The number of sulfonamides is 2. The van der Waals surface area contributed by atoms with Crippen molar-refractivity contribution >= 4 is 43.4 Å². The number of carbonyl (C=O) groups is 2. The molecule has 6 aromatic carbocycles. The average Bonchev–Trinajstić information content (AvgIpc) is 3.69. The zero-order valence-electron chi connectivity index (χ0n) is 31.8. The number of nitrogens with one attached hydrogen (secondary N) is 2. The Morgan fingerprint density at radius 3 is 1.81 bits per heavy atom. The zero-order chi connectivity index (χ0) is 46.5. The van der Waals surface area contributed by atoms with Gasteiger partial charge in [0.15, 0.2) is 0 Å². The molecule has 22 heteroatoms. The van der Waals surface area contributed by atoms with Crippen LogP contribution in [-0.4, -0.2) is 45.6 Å². The smallest absolute Gasteiger partial charge is 0.416 e. The van der Waals surface area contributed by atoms with E-state index in [4.69, 9.17) is 9.47 Å². The Morgan fingerprint density at radius 1 is 0.641 bits per heavy atom. The van der Waals surface area contributed by atoms with Crippen molar-refractivity contribution in [2.75, 3.05) is 16.1 Å². The van der Waals surface area contributed by atoms with Gasteiger partial charge in [-0.2, -0.15) is 26.3 Å². The third-order valence-corrected chi connectivity index (χ3v) is 12.2. The number of rotatable bonds is 11. The van der Waals surface area contributed by atoms with Crippen LogP contribution in [0.2, 0.25) is 0 Å². The predicted molar refractivity (Wildman–Crippen MR) is 211 cm³/mol. The Labute approximate surface area is 356 Å². The summed E-state index contributed by atoms with van der Waals surface area (Å²) in [5.74, 6) is -6.78. The Hall–Kier alpha value is -7.20. The normalized spacial score (nSPS) is 12.9. The van der Waals surface area contributed by atoms with E-state index < -0.39 is 122 Å². The van der Waals surface area contributed by atoms with Gasteiger partial charge in [0.05, 0.1) is 38.9 Å². The molecule has 0 unspecified atom stereocenters. The lowest BCUT2D eigenvalue weighted by Crippen LogP contribution is -2.17. The molecule has 1 heterocycles. The average molecular weight is 935 g/mol. The highest BCUT2D eigenvalue weighted by atomic mass is 32.2. The van der Waals surface area contributed by atoms with Crippen LogP contribution >= 0.6 is 0 Å². The van der Waals surface area contributed by atoms with E-state index in [0.717, 1.165) is 36.4 Å². The van der Waals surface area contributed by atoms with Crippen molar-refractivity contribution in [2.24, 2.45) is 0 Å². The van der Waals surface area contributed by atoms with Gasteiger partial charge in [-0.3, -0.25) is 9.44 Å². The minimum absolute atomic E-state index is 0.0919. The monoisotopic (exact) mass is 934 g/mol. The van der Waals surface area contributed by atoms with Gasteiger partial charge >= 0.3 is 24.3 Å². The van der Waals surface area contributed by atoms with Crippen molar-refractivity contribution < 1.29 is 81.2 Å².